The Bertz CT molecular complexity index is 462. The average Bonchev–Trinajstić information content (AvgIpc) is 2.96. The van der Waals surface area contributed by atoms with E-state index in [9.17, 15) is 9.59 Å². The molecule has 1 fully saturated rings. The number of amides is 2. The zero-order valence-corrected chi connectivity index (χ0v) is 12.5. The van der Waals surface area contributed by atoms with E-state index < -0.39 is 0 Å². The molecule has 2 unspecified atom stereocenters. The van der Waals surface area contributed by atoms with Crippen molar-refractivity contribution >= 4 is 11.8 Å². The highest BCUT2D eigenvalue weighted by atomic mass is 16.5. The van der Waals surface area contributed by atoms with Crippen molar-refractivity contribution in [2.45, 2.75) is 38.9 Å². The number of nitrogens with zero attached hydrogens (tertiary/aromatic N) is 1. The number of carbonyl (C=O) groups is 2. The van der Waals surface area contributed by atoms with Crippen molar-refractivity contribution in [3.63, 3.8) is 0 Å². The molecule has 1 saturated heterocycles. The molecule has 1 aliphatic rings. The Labute approximate surface area is 124 Å². The van der Waals surface area contributed by atoms with Gasteiger partial charge in [-0.25, -0.2) is 0 Å². The molecule has 6 nitrogen and oxygen atoms in total. The van der Waals surface area contributed by atoms with Crippen molar-refractivity contribution in [2.75, 3.05) is 19.6 Å². The largest absolute Gasteiger partial charge is 0.459 e. The average molecular weight is 294 g/mol. The van der Waals surface area contributed by atoms with Gasteiger partial charge in [-0.05, 0) is 32.4 Å². The molecule has 2 rings (SSSR count). The van der Waals surface area contributed by atoms with E-state index in [0.717, 1.165) is 0 Å². The predicted molar refractivity (Wildman–Crippen MR) is 76.9 cm³/mol. The number of carbonyl (C=O) groups excluding carboxylic acids is 2. The number of furan rings is 1. The first-order valence-electron chi connectivity index (χ1n) is 7.31. The van der Waals surface area contributed by atoms with Gasteiger partial charge in [-0.1, -0.05) is 0 Å². The van der Waals surface area contributed by atoms with Crippen molar-refractivity contribution < 1.29 is 18.7 Å². The second-order valence-electron chi connectivity index (χ2n) is 5.39. The Morgan fingerprint density at radius 1 is 1.33 bits per heavy atom. The molecule has 1 aromatic heterocycles. The van der Waals surface area contributed by atoms with Crippen LogP contribution >= 0.6 is 0 Å². The summed E-state index contributed by atoms with van der Waals surface area (Å²) < 4.78 is 10.6. The van der Waals surface area contributed by atoms with Gasteiger partial charge in [0.25, 0.3) is 5.91 Å². The zero-order chi connectivity index (χ0) is 15.2. The molecule has 0 aromatic carbocycles. The number of morpholine rings is 1. The van der Waals surface area contributed by atoms with Crippen LogP contribution in [-0.4, -0.2) is 48.6 Å². The van der Waals surface area contributed by atoms with E-state index in [4.69, 9.17) is 9.15 Å². The summed E-state index contributed by atoms with van der Waals surface area (Å²) in [5, 5.41) is 2.73. The minimum Gasteiger partial charge on any atom is -0.459 e. The van der Waals surface area contributed by atoms with Gasteiger partial charge in [-0.15, -0.1) is 0 Å². The fraction of sp³-hybridized carbons (Fsp3) is 0.600. The maximum Gasteiger partial charge on any atom is 0.286 e. The molecule has 1 N–H and O–H groups in total. The topological polar surface area (TPSA) is 71.8 Å². The lowest BCUT2D eigenvalue weighted by Crippen LogP contribution is -2.48. The van der Waals surface area contributed by atoms with Gasteiger partial charge in [0, 0.05) is 26.1 Å². The quantitative estimate of drug-likeness (QED) is 0.834. The van der Waals surface area contributed by atoms with Gasteiger partial charge >= 0.3 is 0 Å². The summed E-state index contributed by atoms with van der Waals surface area (Å²) in [4.78, 5) is 25.6. The van der Waals surface area contributed by atoms with E-state index in [1.165, 1.54) is 6.26 Å². The first kappa shape index (κ1) is 15.6. The molecular formula is C15H22N2O4. The SMILES string of the molecule is CC1CN(C(=O)CCCNC(=O)c2ccco2)CC(C)O1. The first-order valence-corrected chi connectivity index (χ1v) is 7.31. The number of rotatable bonds is 5. The van der Waals surface area contributed by atoms with Gasteiger partial charge in [0.15, 0.2) is 5.76 Å². The van der Waals surface area contributed by atoms with Crippen LogP contribution < -0.4 is 5.32 Å². The molecular weight excluding hydrogens is 272 g/mol. The highest BCUT2D eigenvalue weighted by Gasteiger charge is 2.25. The molecule has 2 atom stereocenters. The lowest BCUT2D eigenvalue weighted by molar-refractivity contribution is -0.143. The van der Waals surface area contributed by atoms with Crippen LogP contribution in [0.15, 0.2) is 22.8 Å². The predicted octanol–water partition coefficient (Wildman–Crippen LogP) is 1.43. The second kappa shape index (κ2) is 7.26. The molecule has 0 aliphatic carbocycles. The van der Waals surface area contributed by atoms with E-state index in [0.29, 0.717) is 32.5 Å². The van der Waals surface area contributed by atoms with Crippen molar-refractivity contribution in [1.82, 2.24) is 10.2 Å². The van der Waals surface area contributed by atoms with Crippen LogP contribution in [0.2, 0.25) is 0 Å². The Morgan fingerprint density at radius 2 is 2.05 bits per heavy atom. The van der Waals surface area contributed by atoms with Crippen LogP contribution in [0, 0.1) is 0 Å². The van der Waals surface area contributed by atoms with Gasteiger partial charge in [-0.2, -0.15) is 0 Å². The number of hydrogen-bond donors (Lipinski definition) is 1. The third kappa shape index (κ3) is 4.60. The van der Waals surface area contributed by atoms with E-state index in [1.54, 1.807) is 12.1 Å². The van der Waals surface area contributed by atoms with E-state index in [2.05, 4.69) is 5.32 Å². The van der Waals surface area contributed by atoms with E-state index in [-0.39, 0.29) is 29.8 Å². The zero-order valence-electron chi connectivity index (χ0n) is 12.5. The third-order valence-electron chi connectivity index (χ3n) is 3.37. The summed E-state index contributed by atoms with van der Waals surface area (Å²) >= 11 is 0. The lowest BCUT2D eigenvalue weighted by Gasteiger charge is -2.35. The molecule has 0 spiro atoms. The number of ether oxygens (including phenoxy) is 1. The molecule has 2 amide bonds. The molecule has 0 saturated carbocycles. The first-order chi connectivity index (χ1) is 10.1. The van der Waals surface area contributed by atoms with Crippen molar-refractivity contribution in [2.24, 2.45) is 0 Å². The van der Waals surface area contributed by atoms with Crippen LogP contribution in [0.3, 0.4) is 0 Å². The molecule has 0 radical (unpaired) electrons. The summed E-state index contributed by atoms with van der Waals surface area (Å²) in [5.74, 6) is 0.155. The number of hydrogen-bond acceptors (Lipinski definition) is 4. The van der Waals surface area contributed by atoms with Crippen molar-refractivity contribution in [3.05, 3.63) is 24.2 Å². The lowest BCUT2D eigenvalue weighted by atomic mass is 10.2. The second-order valence-corrected chi connectivity index (χ2v) is 5.39. The van der Waals surface area contributed by atoms with Crippen LogP contribution in [0.1, 0.15) is 37.2 Å². The Hall–Kier alpha value is -1.82. The van der Waals surface area contributed by atoms with Gasteiger partial charge in [0.05, 0.1) is 18.5 Å². The van der Waals surface area contributed by atoms with Crippen LogP contribution in [0.5, 0.6) is 0 Å². The molecule has 21 heavy (non-hydrogen) atoms. The van der Waals surface area contributed by atoms with Gasteiger partial charge in [0.1, 0.15) is 0 Å². The summed E-state index contributed by atoms with van der Waals surface area (Å²) in [5.41, 5.74) is 0. The highest BCUT2D eigenvalue weighted by molar-refractivity contribution is 5.91. The van der Waals surface area contributed by atoms with Gasteiger partial charge in [-0.3, -0.25) is 9.59 Å². The minimum atomic E-state index is -0.249. The Kier molecular flexibility index (Phi) is 5.38. The van der Waals surface area contributed by atoms with Crippen LogP contribution in [0.4, 0.5) is 0 Å². The molecule has 0 bridgehead atoms. The van der Waals surface area contributed by atoms with Crippen LogP contribution in [-0.2, 0) is 9.53 Å². The minimum absolute atomic E-state index is 0.0800. The summed E-state index contributed by atoms with van der Waals surface area (Å²) in [6, 6.07) is 3.27. The fourth-order valence-corrected chi connectivity index (χ4v) is 2.48. The standard InChI is InChI=1S/C15H22N2O4/c1-11-9-17(10-12(2)21-11)14(18)6-3-7-16-15(19)13-5-4-8-20-13/h4-5,8,11-12H,3,6-7,9-10H2,1-2H3,(H,16,19). The molecule has 1 aromatic rings. The maximum absolute atomic E-state index is 12.1. The Morgan fingerprint density at radius 3 is 2.67 bits per heavy atom. The number of nitrogens with one attached hydrogen (secondary N) is 1. The van der Waals surface area contributed by atoms with Crippen molar-refractivity contribution in [3.8, 4) is 0 Å². The summed E-state index contributed by atoms with van der Waals surface area (Å²) in [6.07, 6.45) is 2.66. The van der Waals surface area contributed by atoms with E-state index in [1.807, 2.05) is 18.7 Å². The van der Waals surface area contributed by atoms with Gasteiger partial charge < -0.3 is 19.4 Å². The molecule has 2 heterocycles. The molecule has 116 valence electrons. The Balaban J connectivity index is 1.66. The normalized spacial score (nSPS) is 22.1. The molecule has 1 aliphatic heterocycles. The smallest absolute Gasteiger partial charge is 0.286 e. The van der Waals surface area contributed by atoms with Crippen molar-refractivity contribution in [1.29, 1.82) is 0 Å². The van der Waals surface area contributed by atoms with Gasteiger partial charge in [0.2, 0.25) is 5.91 Å². The summed E-state index contributed by atoms with van der Waals surface area (Å²) in [6.45, 7) is 5.68. The maximum atomic E-state index is 12.1. The fourth-order valence-electron chi connectivity index (χ4n) is 2.48. The monoisotopic (exact) mass is 294 g/mol. The highest BCUT2D eigenvalue weighted by Crippen LogP contribution is 2.12. The third-order valence-corrected chi connectivity index (χ3v) is 3.37. The van der Waals surface area contributed by atoms with E-state index >= 15 is 0 Å². The van der Waals surface area contributed by atoms with Crippen LogP contribution in [0.25, 0.3) is 0 Å². The summed E-state index contributed by atoms with van der Waals surface area (Å²) in [7, 11) is 0. The molecule has 6 heteroatoms.